The molecule has 0 aliphatic rings. The molecule has 0 bridgehead atoms. The number of hydrogen-bond donors (Lipinski definition) is 0. The molecule has 2 nitrogen and oxygen atoms in total. The van der Waals surface area contributed by atoms with E-state index in [1.807, 2.05) is 0 Å². The number of aromatic nitrogens is 2. The Kier molecular flexibility index (Phi) is 3.00. The maximum Gasteiger partial charge on any atom is 0.220 e. The molecule has 0 aliphatic heterocycles. The topological polar surface area (TPSA) is 25.8 Å². The van der Waals surface area contributed by atoms with E-state index in [0.29, 0.717) is 11.1 Å². The van der Waals surface area contributed by atoms with E-state index >= 15 is 0 Å². The summed E-state index contributed by atoms with van der Waals surface area (Å²) >= 11 is 0. The van der Waals surface area contributed by atoms with Gasteiger partial charge in [0, 0.05) is 23.5 Å². The van der Waals surface area contributed by atoms with Gasteiger partial charge in [-0.2, -0.15) is 8.78 Å². The van der Waals surface area contributed by atoms with Crippen molar-refractivity contribution >= 4 is 12.2 Å². The molecule has 0 amide bonds. The molecular formula is C12H8F2N2. The lowest BCUT2D eigenvalue weighted by molar-refractivity contribution is 0.579. The third kappa shape index (κ3) is 2.28. The molecule has 0 N–H and O–H groups in total. The van der Waals surface area contributed by atoms with Crippen LogP contribution in [0.1, 0.15) is 11.1 Å². The SMILES string of the molecule is Fc1ncccc1C=Cc1cccnc1F. The highest BCUT2D eigenvalue weighted by molar-refractivity contribution is 5.69. The first-order valence-corrected chi connectivity index (χ1v) is 4.66. The summed E-state index contributed by atoms with van der Waals surface area (Å²) in [4.78, 5) is 6.97. The van der Waals surface area contributed by atoms with E-state index in [9.17, 15) is 8.78 Å². The summed E-state index contributed by atoms with van der Waals surface area (Å²) in [6.45, 7) is 0. The number of hydrogen-bond acceptors (Lipinski definition) is 2. The Bertz CT molecular complexity index is 476. The lowest BCUT2D eigenvalue weighted by Gasteiger charge is -1.96. The van der Waals surface area contributed by atoms with Gasteiger partial charge in [0.15, 0.2) is 0 Å². The van der Waals surface area contributed by atoms with Gasteiger partial charge in [-0.05, 0) is 36.4 Å². The molecule has 0 aliphatic carbocycles. The van der Waals surface area contributed by atoms with Gasteiger partial charge < -0.3 is 0 Å². The molecule has 0 saturated heterocycles. The van der Waals surface area contributed by atoms with Crippen molar-refractivity contribution in [3.05, 3.63) is 59.7 Å². The highest BCUT2D eigenvalue weighted by Crippen LogP contribution is 2.11. The van der Waals surface area contributed by atoms with Crippen molar-refractivity contribution in [3.8, 4) is 0 Å². The van der Waals surface area contributed by atoms with Crippen LogP contribution < -0.4 is 0 Å². The average Bonchev–Trinajstić information content (AvgIpc) is 2.30. The summed E-state index contributed by atoms with van der Waals surface area (Å²) in [7, 11) is 0. The van der Waals surface area contributed by atoms with Gasteiger partial charge in [-0.1, -0.05) is 0 Å². The number of nitrogens with zero attached hydrogens (tertiary/aromatic N) is 2. The Hall–Kier alpha value is -2.10. The van der Waals surface area contributed by atoms with Gasteiger partial charge in [0.05, 0.1) is 0 Å². The Morgan fingerprint density at radius 2 is 1.25 bits per heavy atom. The zero-order valence-corrected chi connectivity index (χ0v) is 8.27. The number of rotatable bonds is 2. The number of halogens is 2. The second-order valence-corrected chi connectivity index (χ2v) is 3.10. The van der Waals surface area contributed by atoms with Crippen LogP contribution in [-0.4, -0.2) is 9.97 Å². The van der Waals surface area contributed by atoms with Crippen molar-refractivity contribution in [2.24, 2.45) is 0 Å². The van der Waals surface area contributed by atoms with Crippen molar-refractivity contribution in [3.63, 3.8) is 0 Å². The molecule has 80 valence electrons. The van der Waals surface area contributed by atoms with Crippen molar-refractivity contribution < 1.29 is 8.78 Å². The van der Waals surface area contributed by atoms with Crippen LogP contribution in [-0.2, 0) is 0 Å². The minimum absolute atomic E-state index is 0.311. The molecule has 0 spiro atoms. The van der Waals surface area contributed by atoms with Crippen LogP contribution >= 0.6 is 0 Å². The van der Waals surface area contributed by atoms with E-state index in [2.05, 4.69) is 9.97 Å². The summed E-state index contributed by atoms with van der Waals surface area (Å²) in [6, 6.07) is 6.35. The zero-order chi connectivity index (χ0) is 11.4. The van der Waals surface area contributed by atoms with E-state index < -0.39 is 11.9 Å². The normalized spacial score (nSPS) is 10.9. The molecule has 0 aromatic carbocycles. The second-order valence-electron chi connectivity index (χ2n) is 3.10. The summed E-state index contributed by atoms with van der Waals surface area (Å²) in [5.41, 5.74) is 0.622. The van der Waals surface area contributed by atoms with Crippen molar-refractivity contribution in [1.82, 2.24) is 9.97 Å². The molecule has 0 unspecified atom stereocenters. The van der Waals surface area contributed by atoms with Gasteiger partial charge in [0.2, 0.25) is 11.9 Å². The van der Waals surface area contributed by atoms with Crippen LogP contribution in [0, 0.1) is 11.9 Å². The van der Waals surface area contributed by atoms with Gasteiger partial charge in [-0.3, -0.25) is 0 Å². The van der Waals surface area contributed by atoms with E-state index in [0.717, 1.165) is 0 Å². The van der Waals surface area contributed by atoms with Crippen molar-refractivity contribution in [2.45, 2.75) is 0 Å². The molecular weight excluding hydrogens is 210 g/mol. The van der Waals surface area contributed by atoms with Crippen molar-refractivity contribution in [1.29, 1.82) is 0 Å². The molecule has 2 aromatic rings. The number of pyridine rings is 2. The van der Waals surface area contributed by atoms with E-state index in [4.69, 9.17) is 0 Å². The van der Waals surface area contributed by atoms with E-state index in [1.165, 1.54) is 24.5 Å². The smallest absolute Gasteiger partial charge is 0.220 e. The van der Waals surface area contributed by atoms with E-state index in [1.54, 1.807) is 24.3 Å². The zero-order valence-electron chi connectivity index (χ0n) is 8.27. The first-order valence-electron chi connectivity index (χ1n) is 4.66. The summed E-state index contributed by atoms with van der Waals surface area (Å²) in [5, 5.41) is 0. The van der Waals surface area contributed by atoms with Crippen LogP contribution in [0.4, 0.5) is 8.78 Å². The van der Waals surface area contributed by atoms with Crippen molar-refractivity contribution in [2.75, 3.05) is 0 Å². The van der Waals surface area contributed by atoms with Crippen LogP contribution in [0.25, 0.3) is 12.2 Å². The van der Waals surface area contributed by atoms with Crippen LogP contribution in [0.5, 0.6) is 0 Å². The Balaban J connectivity index is 2.29. The summed E-state index contributed by atoms with van der Waals surface area (Å²) < 4.78 is 26.2. The molecule has 0 fully saturated rings. The highest BCUT2D eigenvalue weighted by Gasteiger charge is 1.99. The monoisotopic (exact) mass is 218 g/mol. The molecule has 2 heterocycles. The Morgan fingerprint density at radius 1 is 0.812 bits per heavy atom. The fraction of sp³-hybridized carbons (Fsp3) is 0. The van der Waals surface area contributed by atoms with Gasteiger partial charge in [-0.15, -0.1) is 0 Å². The molecule has 0 atom stereocenters. The minimum atomic E-state index is -0.581. The van der Waals surface area contributed by atoms with Gasteiger partial charge in [-0.25, -0.2) is 9.97 Å². The average molecular weight is 218 g/mol. The molecule has 0 radical (unpaired) electrons. The fourth-order valence-electron chi connectivity index (χ4n) is 1.23. The maximum atomic E-state index is 13.1. The van der Waals surface area contributed by atoms with Gasteiger partial charge in [0.1, 0.15) is 0 Å². The molecule has 4 heteroatoms. The van der Waals surface area contributed by atoms with Gasteiger partial charge >= 0.3 is 0 Å². The predicted molar refractivity (Wildman–Crippen MR) is 57.3 cm³/mol. The first-order chi connectivity index (χ1) is 7.77. The third-order valence-corrected chi connectivity index (χ3v) is 2.02. The van der Waals surface area contributed by atoms with Crippen LogP contribution in [0.3, 0.4) is 0 Å². The second kappa shape index (κ2) is 4.61. The molecule has 2 aromatic heterocycles. The standard InChI is InChI=1S/C12H8F2N2/c13-11-9(3-1-7-15-11)5-6-10-4-2-8-16-12(10)14/h1-8H. The highest BCUT2D eigenvalue weighted by atomic mass is 19.1. The molecule has 2 rings (SSSR count). The fourth-order valence-corrected chi connectivity index (χ4v) is 1.23. The Morgan fingerprint density at radius 3 is 1.62 bits per heavy atom. The largest absolute Gasteiger partial charge is 0.228 e. The Labute approximate surface area is 91.3 Å². The summed E-state index contributed by atoms with van der Waals surface area (Å²) in [6.07, 6.45) is 5.64. The molecule has 16 heavy (non-hydrogen) atoms. The molecule has 0 saturated carbocycles. The third-order valence-electron chi connectivity index (χ3n) is 2.02. The minimum Gasteiger partial charge on any atom is -0.228 e. The van der Waals surface area contributed by atoms with Crippen LogP contribution in [0.15, 0.2) is 36.7 Å². The quantitative estimate of drug-likeness (QED) is 0.724. The maximum absolute atomic E-state index is 13.1. The van der Waals surface area contributed by atoms with Gasteiger partial charge in [0.25, 0.3) is 0 Å². The predicted octanol–water partition coefficient (Wildman–Crippen LogP) is 2.93. The van der Waals surface area contributed by atoms with E-state index in [-0.39, 0.29) is 0 Å². The van der Waals surface area contributed by atoms with Crippen LogP contribution in [0.2, 0.25) is 0 Å². The first kappa shape index (κ1) is 10.4. The lowest BCUT2D eigenvalue weighted by atomic mass is 10.2. The summed E-state index contributed by atoms with van der Waals surface area (Å²) in [5.74, 6) is -1.16. The lowest BCUT2D eigenvalue weighted by Crippen LogP contribution is -1.87.